The van der Waals surface area contributed by atoms with Gasteiger partial charge in [0.05, 0.1) is 0 Å². The summed E-state index contributed by atoms with van der Waals surface area (Å²) in [5, 5.41) is 6.45. The first kappa shape index (κ1) is 13.1. The Labute approximate surface area is 119 Å². The first-order valence-corrected chi connectivity index (χ1v) is 6.56. The van der Waals surface area contributed by atoms with Crippen molar-refractivity contribution in [3.63, 3.8) is 0 Å². The SMILES string of the molecule is CC1(C)C=CC=C(NC(=O)c2cc(I)on2)C=C1. The number of aromatic nitrogens is 1. The highest BCUT2D eigenvalue weighted by Gasteiger charge is 2.14. The molecule has 1 heterocycles. The zero-order valence-corrected chi connectivity index (χ0v) is 12.3. The Morgan fingerprint density at radius 2 is 2.22 bits per heavy atom. The van der Waals surface area contributed by atoms with Crippen molar-refractivity contribution < 1.29 is 9.32 Å². The van der Waals surface area contributed by atoms with E-state index in [1.807, 2.05) is 46.9 Å². The number of carbonyl (C=O) groups excluding carboxylic acids is 1. The molecule has 1 aromatic heterocycles. The van der Waals surface area contributed by atoms with Gasteiger partial charge in [-0.05, 0) is 12.2 Å². The number of carbonyl (C=O) groups is 1. The third-order valence-electron chi connectivity index (χ3n) is 2.47. The van der Waals surface area contributed by atoms with Crippen LogP contribution >= 0.6 is 22.6 Å². The summed E-state index contributed by atoms with van der Waals surface area (Å²) in [6.07, 6.45) is 9.79. The maximum absolute atomic E-state index is 11.9. The van der Waals surface area contributed by atoms with Gasteiger partial charge in [0, 0.05) is 39.8 Å². The second-order valence-electron chi connectivity index (χ2n) is 4.61. The molecule has 0 aliphatic heterocycles. The predicted octanol–water partition coefficient (Wildman–Crippen LogP) is 3.05. The number of allylic oxidation sites excluding steroid dienone is 5. The monoisotopic (exact) mass is 356 g/mol. The maximum atomic E-state index is 11.9. The van der Waals surface area contributed by atoms with E-state index in [0.29, 0.717) is 3.77 Å². The van der Waals surface area contributed by atoms with Gasteiger partial charge < -0.3 is 9.84 Å². The Morgan fingerprint density at radius 3 is 2.89 bits per heavy atom. The molecule has 18 heavy (non-hydrogen) atoms. The van der Waals surface area contributed by atoms with Crippen LogP contribution in [0.2, 0.25) is 0 Å². The average Bonchev–Trinajstić information content (AvgIpc) is 2.65. The molecule has 0 spiro atoms. The molecular weight excluding hydrogens is 343 g/mol. The largest absolute Gasteiger partial charge is 0.350 e. The van der Waals surface area contributed by atoms with Gasteiger partial charge in [0.15, 0.2) is 9.46 Å². The lowest BCUT2D eigenvalue weighted by molar-refractivity contribution is 0.0958. The quantitative estimate of drug-likeness (QED) is 0.829. The van der Waals surface area contributed by atoms with E-state index in [4.69, 9.17) is 4.52 Å². The summed E-state index contributed by atoms with van der Waals surface area (Å²) in [7, 11) is 0. The molecule has 0 saturated carbocycles. The summed E-state index contributed by atoms with van der Waals surface area (Å²) >= 11 is 1.97. The van der Waals surface area contributed by atoms with Gasteiger partial charge in [-0.2, -0.15) is 0 Å². The highest BCUT2D eigenvalue weighted by Crippen LogP contribution is 2.22. The summed E-state index contributed by atoms with van der Waals surface area (Å²) in [4.78, 5) is 11.9. The van der Waals surface area contributed by atoms with Gasteiger partial charge in [0.2, 0.25) is 0 Å². The molecule has 94 valence electrons. The fourth-order valence-corrected chi connectivity index (χ4v) is 1.85. The summed E-state index contributed by atoms with van der Waals surface area (Å²) in [5.74, 6) is -0.273. The van der Waals surface area contributed by atoms with Crippen molar-refractivity contribution >= 4 is 28.5 Å². The molecule has 0 fully saturated rings. The van der Waals surface area contributed by atoms with Gasteiger partial charge >= 0.3 is 0 Å². The van der Waals surface area contributed by atoms with Crippen molar-refractivity contribution in [2.75, 3.05) is 0 Å². The van der Waals surface area contributed by atoms with Crippen molar-refractivity contribution in [3.8, 4) is 0 Å². The Morgan fingerprint density at radius 1 is 1.44 bits per heavy atom. The van der Waals surface area contributed by atoms with Crippen molar-refractivity contribution in [3.05, 3.63) is 51.6 Å². The van der Waals surface area contributed by atoms with Crippen LogP contribution in [0.1, 0.15) is 24.3 Å². The zero-order chi connectivity index (χ0) is 13.2. The van der Waals surface area contributed by atoms with Crippen LogP contribution in [-0.2, 0) is 0 Å². The number of nitrogens with zero attached hydrogens (tertiary/aromatic N) is 1. The number of nitrogens with one attached hydrogen (secondary N) is 1. The summed E-state index contributed by atoms with van der Waals surface area (Å²) in [5.41, 5.74) is 1.01. The van der Waals surface area contributed by atoms with Crippen LogP contribution in [0.25, 0.3) is 0 Å². The molecule has 1 aliphatic rings. The van der Waals surface area contributed by atoms with E-state index in [1.54, 1.807) is 6.07 Å². The molecule has 4 nitrogen and oxygen atoms in total. The van der Waals surface area contributed by atoms with Gasteiger partial charge in [-0.15, -0.1) is 0 Å². The van der Waals surface area contributed by atoms with E-state index in [-0.39, 0.29) is 17.0 Å². The van der Waals surface area contributed by atoms with Gasteiger partial charge in [-0.25, -0.2) is 0 Å². The molecular formula is C13H13IN2O2. The van der Waals surface area contributed by atoms with Gasteiger partial charge in [0.1, 0.15) is 0 Å². The minimum Gasteiger partial charge on any atom is -0.350 e. The third-order valence-corrected chi connectivity index (χ3v) is 2.97. The maximum Gasteiger partial charge on any atom is 0.277 e. The van der Waals surface area contributed by atoms with E-state index in [9.17, 15) is 4.79 Å². The standard InChI is InChI=1S/C13H13IN2O2/c1-13(2)6-3-4-9(5-7-13)15-12(17)10-8-11(14)18-16-10/h3-8H,1-2H3,(H,15,17). The molecule has 1 aromatic rings. The van der Waals surface area contributed by atoms with Crippen LogP contribution in [0.15, 0.2) is 46.7 Å². The first-order valence-electron chi connectivity index (χ1n) is 5.49. The Bertz CT molecular complexity index is 553. The number of amides is 1. The lowest BCUT2D eigenvalue weighted by Gasteiger charge is -2.12. The van der Waals surface area contributed by atoms with Crippen molar-refractivity contribution in [2.45, 2.75) is 13.8 Å². The second-order valence-corrected chi connectivity index (χ2v) is 5.67. The fraction of sp³-hybridized carbons (Fsp3) is 0.231. The topological polar surface area (TPSA) is 55.1 Å². The van der Waals surface area contributed by atoms with E-state index in [2.05, 4.69) is 30.4 Å². The molecule has 1 N–H and O–H groups in total. The number of hydrogen-bond acceptors (Lipinski definition) is 3. The minimum absolute atomic E-state index is 0.00769. The van der Waals surface area contributed by atoms with Crippen molar-refractivity contribution in [2.24, 2.45) is 5.41 Å². The van der Waals surface area contributed by atoms with E-state index >= 15 is 0 Å². The Balaban J connectivity index is 2.09. The highest BCUT2D eigenvalue weighted by molar-refractivity contribution is 14.1. The highest BCUT2D eigenvalue weighted by atomic mass is 127. The molecule has 0 atom stereocenters. The fourth-order valence-electron chi connectivity index (χ4n) is 1.45. The lowest BCUT2D eigenvalue weighted by atomic mass is 9.93. The molecule has 2 rings (SSSR count). The summed E-state index contributed by atoms with van der Waals surface area (Å²) < 4.78 is 5.44. The van der Waals surface area contributed by atoms with Crippen molar-refractivity contribution in [1.29, 1.82) is 0 Å². The third kappa shape index (κ3) is 3.32. The summed E-state index contributed by atoms with van der Waals surface area (Å²) in [6, 6.07) is 1.59. The van der Waals surface area contributed by atoms with E-state index < -0.39 is 0 Å². The average molecular weight is 356 g/mol. The zero-order valence-electron chi connectivity index (χ0n) is 10.1. The Kier molecular flexibility index (Phi) is 3.70. The molecule has 0 radical (unpaired) electrons. The molecule has 1 aliphatic carbocycles. The van der Waals surface area contributed by atoms with Gasteiger partial charge in [-0.1, -0.05) is 37.2 Å². The molecule has 1 amide bonds. The molecule has 5 heteroatoms. The van der Waals surface area contributed by atoms with Crippen LogP contribution in [0.3, 0.4) is 0 Å². The van der Waals surface area contributed by atoms with Crippen LogP contribution in [0.5, 0.6) is 0 Å². The van der Waals surface area contributed by atoms with Crippen molar-refractivity contribution in [1.82, 2.24) is 10.5 Å². The molecule has 0 bridgehead atoms. The number of halogens is 1. The smallest absolute Gasteiger partial charge is 0.277 e. The first-order chi connectivity index (χ1) is 8.46. The number of hydrogen-bond donors (Lipinski definition) is 1. The lowest BCUT2D eigenvalue weighted by Crippen LogP contribution is -2.22. The van der Waals surface area contributed by atoms with Crippen LogP contribution in [-0.4, -0.2) is 11.1 Å². The van der Waals surface area contributed by atoms with Crippen LogP contribution in [0, 0.1) is 9.18 Å². The molecule has 0 aromatic carbocycles. The summed E-state index contributed by atoms with van der Waals surface area (Å²) in [6.45, 7) is 4.19. The van der Waals surface area contributed by atoms with Crippen LogP contribution < -0.4 is 5.32 Å². The van der Waals surface area contributed by atoms with E-state index in [1.165, 1.54) is 0 Å². The normalized spacial score (nSPS) is 17.2. The van der Waals surface area contributed by atoms with E-state index in [0.717, 1.165) is 5.70 Å². The van der Waals surface area contributed by atoms with Gasteiger partial charge in [0.25, 0.3) is 5.91 Å². The molecule has 0 saturated heterocycles. The van der Waals surface area contributed by atoms with Gasteiger partial charge in [-0.3, -0.25) is 4.79 Å². The van der Waals surface area contributed by atoms with Crippen LogP contribution in [0.4, 0.5) is 0 Å². The molecule has 0 unspecified atom stereocenters. The predicted molar refractivity (Wildman–Crippen MR) is 76.8 cm³/mol. The Hall–Kier alpha value is -1.37. The minimum atomic E-state index is -0.273. The number of rotatable bonds is 2. The second kappa shape index (κ2) is 5.09.